The summed E-state index contributed by atoms with van der Waals surface area (Å²) in [5.41, 5.74) is 2.43. The number of hydrazine groups is 1. The molecule has 1 aliphatic heterocycles. The van der Waals surface area contributed by atoms with Crippen molar-refractivity contribution in [2.75, 3.05) is 12.1 Å². The van der Waals surface area contributed by atoms with Crippen LogP contribution in [0.3, 0.4) is 0 Å². The molecule has 1 fully saturated rings. The van der Waals surface area contributed by atoms with E-state index in [0.29, 0.717) is 5.69 Å². The van der Waals surface area contributed by atoms with Crippen LogP contribution in [0.1, 0.15) is 0 Å². The lowest BCUT2D eigenvalue weighted by Gasteiger charge is -2.27. The first-order valence-electron chi connectivity index (χ1n) is 5.07. The highest BCUT2D eigenvalue weighted by Crippen LogP contribution is 2.26. The summed E-state index contributed by atoms with van der Waals surface area (Å²) in [7, 11) is 1.44. The predicted octanol–water partition coefficient (Wildman–Crippen LogP) is 0.245. The van der Waals surface area contributed by atoms with Crippen LogP contribution >= 0.6 is 0 Å². The van der Waals surface area contributed by atoms with Gasteiger partial charge >= 0.3 is 6.18 Å². The lowest BCUT2D eigenvalue weighted by atomic mass is 10.3. The zero-order valence-corrected chi connectivity index (χ0v) is 9.85. The molecule has 3 atom stereocenters. The summed E-state index contributed by atoms with van der Waals surface area (Å²) < 4.78 is 38.9. The lowest BCUT2D eigenvalue weighted by molar-refractivity contribution is -0.914. The maximum absolute atomic E-state index is 13.0. The van der Waals surface area contributed by atoms with Crippen molar-refractivity contribution in [1.29, 1.82) is 0 Å². The molecule has 0 radical (unpaired) electrons. The van der Waals surface area contributed by atoms with Crippen LogP contribution in [-0.4, -0.2) is 24.9 Å². The summed E-state index contributed by atoms with van der Waals surface area (Å²) in [6, 6.07) is 8.37. The van der Waals surface area contributed by atoms with Gasteiger partial charge in [0.15, 0.2) is 0 Å². The van der Waals surface area contributed by atoms with Crippen molar-refractivity contribution in [3.63, 3.8) is 0 Å². The van der Waals surface area contributed by atoms with Gasteiger partial charge in [-0.15, -0.1) is 0 Å². The minimum atomic E-state index is -4.33. The van der Waals surface area contributed by atoms with E-state index in [1.807, 2.05) is 0 Å². The predicted molar refractivity (Wildman–Crippen MR) is 59.9 cm³/mol. The van der Waals surface area contributed by atoms with Gasteiger partial charge in [0.2, 0.25) is 0 Å². The number of hydrogen-bond acceptors (Lipinski definition) is 3. The number of hydrogen-bond donors (Lipinski definition) is 2. The van der Waals surface area contributed by atoms with Crippen LogP contribution in [0.5, 0.6) is 0 Å². The van der Waals surface area contributed by atoms with E-state index in [-0.39, 0.29) is 4.90 Å². The van der Waals surface area contributed by atoms with E-state index in [0.717, 1.165) is 5.01 Å². The molecule has 1 aromatic carbocycles. The number of nitrogens with zero attached hydrogens (tertiary/aromatic N) is 1. The first-order chi connectivity index (χ1) is 7.91. The van der Waals surface area contributed by atoms with Gasteiger partial charge in [0, 0.05) is 5.50 Å². The first-order valence-corrected chi connectivity index (χ1v) is 5.54. The van der Waals surface area contributed by atoms with E-state index >= 15 is 0 Å². The maximum atomic E-state index is 13.0. The minimum absolute atomic E-state index is 0.205. The van der Waals surface area contributed by atoms with Crippen LogP contribution in [0.15, 0.2) is 30.3 Å². The average Bonchev–Trinajstić information content (AvgIpc) is 2.56. The Labute approximate surface area is 103 Å². The number of rotatable bonds is 1. The Bertz CT molecular complexity index is 384. The molecule has 1 aromatic rings. The van der Waals surface area contributed by atoms with Crippen LogP contribution < -0.4 is 15.3 Å². The number of benzene rings is 1. The van der Waals surface area contributed by atoms with Gasteiger partial charge in [-0.2, -0.15) is 18.6 Å². The first kappa shape index (κ1) is 12.5. The Morgan fingerprint density at radius 3 is 2.41 bits per heavy atom. The summed E-state index contributed by atoms with van der Waals surface area (Å²) in [6.45, 7) is 0. The molecule has 2 rings (SSSR count). The van der Waals surface area contributed by atoms with Gasteiger partial charge in [-0.1, -0.05) is 18.2 Å². The molecule has 0 bridgehead atoms. The molecule has 94 valence electrons. The standard InChI is InChI=1S/C10H12F3N3S/c1-15-8(10(11,12)13)16(14-9(15)17)7-5-3-2-4-6-7/h2-6,8-9,14,17H,1H3. The third kappa shape index (κ3) is 2.36. The average molecular weight is 263 g/mol. The van der Waals surface area contributed by atoms with Gasteiger partial charge in [-0.25, -0.2) is 5.01 Å². The Morgan fingerprint density at radius 2 is 1.88 bits per heavy atom. The molecular weight excluding hydrogens is 251 g/mol. The quantitative estimate of drug-likeness (QED) is 0.708. The zero-order valence-electron chi connectivity index (χ0n) is 9.03. The SMILES string of the molecule is C[NH+]1C([S-])NN(c2ccccc2)C1C(F)(F)F. The van der Waals surface area contributed by atoms with Crippen LogP contribution in [0.2, 0.25) is 0 Å². The van der Waals surface area contributed by atoms with Crippen LogP contribution in [0.25, 0.3) is 0 Å². The Kier molecular flexibility index (Phi) is 3.24. The molecule has 0 aromatic heterocycles. The molecule has 0 aliphatic carbocycles. The molecule has 3 nitrogen and oxygen atoms in total. The number of anilines is 1. The van der Waals surface area contributed by atoms with Gasteiger partial charge in [0.1, 0.15) is 0 Å². The molecular formula is C10H12F3N3S. The fourth-order valence-corrected chi connectivity index (χ4v) is 2.11. The zero-order chi connectivity index (χ0) is 12.6. The highest BCUT2D eigenvalue weighted by atomic mass is 32.1. The van der Waals surface area contributed by atoms with Crippen molar-refractivity contribution in [2.24, 2.45) is 0 Å². The Hall–Kier alpha value is -0.920. The van der Waals surface area contributed by atoms with Crippen molar-refractivity contribution in [2.45, 2.75) is 17.8 Å². The second-order valence-electron chi connectivity index (χ2n) is 3.90. The number of nitrogens with one attached hydrogen (secondary N) is 2. The molecule has 0 spiro atoms. The smallest absolute Gasteiger partial charge is 0.464 e. The maximum Gasteiger partial charge on any atom is 0.464 e. The molecule has 1 saturated heterocycles. The summed E-state index contributed by atoms with van der Waals surface area (Å²) in [4.78, 5) is 0.205. The van der Waals surface area contributed by atoms with Crippen molar-refractivity contribution < 1.29 is 18.1 Å². The molecule has 0 saturated carbocycles. The summed E-state index contributed by atoms with van der Waals surface area (Å²) >= 11 is 4.96. The topological polar surface area (TPSA) is 19.7 Å². The molecule has 0 amide bonds. The second-order valence-corrected chi connectivity index (χ2v) is 4.37. The van der Waals surface area contributed by atoms with E-state index < -0.39 is 17.8 Å². The fourth-order valence-electron chi connectivity index (χ4n) is 1.87. The number of para-hydroxylation sites is 1. The highest BCUT2D eigenvalue weighted by molar-refractivity contribution is 7.59. The molecule has 17 heavy (non-hydrogen) atoms. The van der Waals surface area contributed by atoms with Crippen LogP contribution in [0, 0.1) is 0 Å². The van der Waals surface area contributed by atoms with E-state index in [2.05, 4.69) is 5.43 Å². The molecule has 7 heteroatoms. The van der Waals surface area contributed by atoms with E-state index in [1.165, 1.54) is 7.05 Å². The minimum Gasteiger partial charge on any atom is -0.709 e. The van der Waals surface area contributed by atoms with Gasteiger partial charge < -0.3 is 17.5 Å². The summed E-state index contributed by atoms with van der Waals surface area (Å²) in [5, 5.41) is 1.09. The third-order valence-electron chi connectivity index (χ3n) is 2.70. The second kappa shape index (κ2) is 4.40. The summed E-state index contributed by atoms with van der Waals surface area (Å²) in [5.74, 6) is 0. The fraction of sp³-hybridized carbons (Fsp3) is 0.400. The van der Waals surface area contributed by atoms with E-state index in [4.69, 9.17) is 12.6 Å². The van der Waals surface area contributed by atoms with Gasteiger partial charge in [0.05, 0.1) is 12.7 Å². The largest absolute Gasteiger partial charge is 0.709 e. The normalized spacial score (nSPS) is 29.7. The Balaban J connectivity index is 2.33. The highest BCUT2D eigenvalue weighted by Gasteiger charge is 2.54. The summed E-state index contributed by atoms with van der Waals surface area (Å²) in [6.07, 6.45) is -5.99. The van der Waals surface area contributed by atoms with Crippen LogP contribution in [0.4, 0.5) is 18.9 Å². The Morgan fingerprint density at radius 1 is 1.29 bits per heavy atom. The number of quaternary nitrogens is 1. The van der Waals surface area contributed by atoms with Crippen molar-refractivity contribution in [3.05, 3.63) is 30.3 Å². The van der Waals surface area contributed by atoms with Gasteiger partial charge in [0.25, 0.3) is 6.17 Å². The van der Waals surface area contributed by atoms with E-state index in [1.54, 1.807) is 30.3 Å². The number of halogens is 3. The monoisotopic (exact) mass is 263 g/mol. The molecule has 2 N–H and O–H groups in total. The van der Waals surface area contributed by atoms with Crippen LogP contribution in [-0.2, 0) is 12.6 Å². The molecule has 3 unspecified atom stereocenters. The number of alkyl halides is 3. The van der Waals surface area contributed by atoms with E-state index in [9.17, 15) is 13.2 Å². The third-order valence-corrected chi connectivity index (χ3v) is 3.18. The lowest BCUT2D eigenvalue weighted by Crippen LogP contribution is -3.17. The van der Waals surface area contributed by atoms with Gasteiger partial charge in [-0.3, -0.25) is 0 Å². The van der Waals surface area contributed by atoms with Crippen molar-refractivity contribution >= 4 is 18.3 Å². The van der Waals surface area contributed by atoms with Crippen molar-refractivity contribution in [1.82, 2.24) is 5.43 Å². The van der Waals surface area contributed by atoms with Gasteiger partial charge in [-0.05, 0) is 12.1 Å². The van der Waals surface area contributed by atoms with Crippen molar-refractivity contribution in [3.8, 4) is 0 Å². The molecule has 1 heterocycles. The molecule has 1 aliphatic rings.